The highest BCUT2D eigenvalue weighted by Gasteiger charge is 2.39. The van der Waals surface area contributed by atoms with E-state index in [4.69, 9.17) is 20.5 Å². The molecule has 2 unspecified atom stereocenters. The van der Waals surface area contributed by atoms with Crippen LogP contribution < -0.4 is 0 Å². The third-order valence-corrected chi connectivity index (χ3v) is 4.98. The molecule has 22 heavy (non-hydrogen) atoms. The van der Waals surface area contributed by atoms with E-state index in [-0.39, 0.29) is 12.6 Å². The lowest BCUT2D eigenvalue weighted by atomic mass is 10.1. The molecule has 1 aromatic carbocycles. The molecule has 0 radical (unpaired) electrons. The summed E-state index contributed by atoms with van der Waals surface area (Å²) in [6, 6.07) is 5.06. The fourth-order valence-corrected chi connectivity index (χ4v) is 3.75. The smallest absolute Gasteiger partial charge is 0.424 e. The minimum atomic E-state index is -1.82. The molecule has 1 aliphatic heterocycles. The van der Waals surface area contributed by atoms with Crippen molar-refractivity contribution in [2.75, 3.05) is 6.61 Å². The van der Waals surface area contributed by atoms with Crippen molar-refractivity contribution in [3.8, 4) is 0 Å². The van der Waals surface area contributed by atoms with Crippen LogP contribution in [0.5, 0.6) is 0 Å². The molecule has 1 aliphatic rings. The number of rotatable bonds is 2. The number of hydrogen-bond donors (Lipinski definition) is 0. The number of nitrogens with zero attached hydrogens (tertiary/aromatic N) is 1. The first-order valence-electron chi connectivity index (χ1n) is 6.68. The van der Waals surface area contributed by atoms with E-state index in [1.807, 2.05) is 6.07 Å². The van der Waals surface area contributed by atoms with Gasteiger partial charge in [-0.2, -0.15) is 4.31 Å². The van der Waals surface area contributed by atoms with Crippen LogP contribution in [0.15, 0.2) is 22.7 Å². The third kappa shape index (κ3) is 4.44. The highest BCUT2D eigenvalue weighted by atomic mass is 79.9. The molecule has 0 bridgehead atoms. The van der Waals surface area contributed by atoms with Gasteiger partial charge in [-0.05, 0) is 44.9 Å². The van der Waals surface area contributed by atoms with Crippen molar-refractivity contribution in [1.82, 2.24) is 4.31 Å². The van der Waals surface area contributed by atoms with Crippen LogP contribution in [-0.4, -0.2) is 32.9 Å². The predicted molar refractivity (Wildman–Crippen MR) is 88.8 cm³/mol. The van der Waals surface area contributed by atoms with Gasteiger partial charge in [-0.25, -0.2) is 9.00 Å². The second kappa shape index (κ2) is 6.86. The van der Waals surface area contributed by atoms with Crippen LogP contribution in [0.25, 0.3) is 0 Å². The largest absolute Gasteiger partial charge is 0.443 e. The van der Waals surface area contributed by atoms with Crippen LogP contribution >= 0.6 is 27.5 Å². The van der Waals surface area contributed by atoms with Crippen LogP contribution in [0.2, 0.25) is 5.02 Å². The summed E-state index contributed by atoms with van der Waals surface area (Å²) in [4.78, 5) is 12.2. The summed E-state index contributed by atoms with van der Waals surface area (Å²) in [6.45, 7) is 5.47. The van der Waals surface area contributed by atoms with Gasteiger partial charge in [-0.1, -0.05) is 33.6 Å². The summed E-state index contributed by atoms with van der Waals surface area (Å²) in [5.74, 6) is 0. The first-order valence-corrected chi connectivity index (χ1v) is 8.89. The molecule has 1 heterocycles. The van der Waals surface area contributed by atoms with Crippen molar-refractivity contribution >= 4 is 44.9 Å². The lowest BCUT2D eigenvalue weighted by molar-refractivity contribution is 0.0363. The molecule has 8 heteroatoms. The van der Waals surface area contributed by atoms with Gasteiger partial charge in [0, 0.05) is 9.50 Å². The van der Waals surface area contributed by atoms with Gasteiger partial charge >= 0.3 is 6.09 Å². The quantitative estimate of drug-likeness (QED) is 0.743. The summed E-state index contributed by atoms with van der Waals surface area (Å²) in [7, 11) is 0. The first-order chi connectivity index (χ1) is 10.2. The Bertz CT molecular complexity index is 605. The summed E-state index contributed by atoms with van der Waals surface area (Å²) >= 11 is 7.54. The van der Waals surface area contributed by atoms with Gasteiger partial charge in [0.15, 0.2) is 0 Å². The van der Waals surface area contributed by atoms with E-state index in [0.717, 1.165) is 14.3 Å². The molecule has 1 aromatic rings. The summed E-state index contributed by atoms with van der Waals surface area (Å²) in [5.41, 5.74) is 0.292. The van der Waals surface area contributed by atoms with E-state index in [1.165, 1.54) is 0 Å². The van der Waals surface area contributed by atoms with Gasteiger partial charge in [0.2, 0.25) is 0 Å². The van der Waals surface area contributed by atoms with Crippen LogP contribution in [0, 0.1) is 0 Å². The summed E-state index contributed by atoms with van der Waals surface area (Å²) in [5, 5.41) is 0.617. The fourth-order valence-electron chi connectivity index (χ4n) is 1.98. The van der Waals surface area contributed by atoms with Gasteiger partial charge in [-0.3, -0.25) is 4.18 Å². The van der Waals surface area contributed by atoms with Gasteiger partial charge in [0.25, 0.3) is 11.3 Å². The molecule has 1 fully saturated rings. The van der Waals surface area contributed by atoms with E-state index in [0.29, 0.717) is 11.4 Å². The van der Waals surface area contributed by atoms with Gasteiger partial charge < -0.3 is 4.74 Å². The van der Waals surface area contributed by atoms with Crippen molar-refractivity contribution in [1.29, 1.82) is 0 Å². The minimum Gasteiger partial charge on any atom is -0.443 e. The maximum atomic E-state index is 12.2. The number of hydrogen-bond acceptors (Lipinski definition) is 4. The van der Waals surface area contributed by atoms with Crippen molar-refractivity contribution in [2.45, 2.75) is 38.8 Å². The lowest BCUT2D eigenvalue weighted by Crippen LogP contribution is -2.41. The Kier molecular flexibility index (Phi) is 5.53. The second-order valence-corrected chi connectivity index (χ2v) is 8.26. The van der Waals surface area contributed by atoms with Crippen LogP contribution in [-0.2, 0) is 26.6 Å². The molecular formula is C14H17BrClNO4S. The zero-order chi connectivity index (χ0) is 16.5. The molecule has 0 saturated carbocycles. The highest BCUT2D eigenvalue weighted by Crippen LogP contribution is 2.27. The Labute approximate surface area is 145 Å². The van der Waals surface area contributed by atoms with Crippen LogP contribution in [0.1, 0.15) is 26.3 Å². The summed E-state index contributed by atoms with van der Waals surface area (Å²) in [6.07, 6.45) is -0.152. The maximum Gasteiger partial charge on any atom is 0.424 e. The van der Waals surface area contributed by atoms with Crippen LogP contribution in [0.4, 0.5) is 4.79 Å². The van der Waals surface area contributed by atoms with Gasteiger partial charge in [0.1, 0.15) is 5.60 Å². The van der Waals surface area contributed by atoms with Gasteiger partial charge in [0.05, 0.1) is 12.6 Å². The molecule has 0 spiro atoms. The molecule has 2 atom stereocenters. The molecule has 1 amide bonds. The number of benzene rings is 1. The number of halogens is 2. The Hall–Kier alpha value is -0.630. The molecule has 122 valence electrons. The van der Waals surface area contributed by atoms with E-state index < -0.39 is 23.0 Å². The second-order valence-electron chi connectivity index (χ2n) is 5.90. The normalized spacial score (nSPS) is 22.0. The predicted octanol–water partition coefficient (Wildman–Crippen LogP) is 3.86. The number of carbonyl (C=O) groups excluding carboxylic acids is 1. The molecule has 1 saturated heterocycles. The first kappa shape index (κ1) is 17.7. The Morgan fingerprint density at radius 2 is 2.23 bits per heavy atom. The fraction of sp³-hybridized carbons (Fsp3) is 0.500. The molecule has 0 aliphatic carbocycles. The van der Waals surface area contributed by atoms with Gasteiger partial charge in [-0.15, -0.1) is 0 Å². The molecule has 2 rings (SSSR count). The lowest BCUT2D eigenvalue weighted by Gasteiger charge is -2.25. The van der Waals surface area contributed by atoms with E-state index >= 15 is 0 Å². The van der Waals surface area contributed by atoms with E-state index in [2.05, 4.69) is 15.9 Å². The topological polar surface area (TPSA) is 55.8 Å². The molecule has 0 N–H and O–H groups in total. The Balaban J connectivity index is 2.15. The average molecular weight is 411 g/mol. The highest BCUT2D eigenvalue weighted by molar-refractivity contribution is 9.10. The van der Waals surface area contributed by atoms with E-state index in [9.17, 15) is 9.00 Å². The zero-order valence-corrected chi connectivity index (χ0v) is 15.6. The number of amides is 1. The minimum absolute atomic E-state index is 0.195. The summed E-state index contributed by atoms with van der Waals surface area (Å²) < 4.78 is 24.3. The van der Waals surface area contributed by atoms with Crippen molar-refractivity contribution in [3.63, 3.8) is 0 Å². The molecule has 5 nitrogen and oxygen atoms in total. The Morgan fingerprint density at radius 3 is 2.82 bits per heavy atom. The molecular weight excluding hydrogens is 394 g/mol. The monoisotopic (exact) mass is 409 g/mol. The SMILES string of the molecule is CC(C)(C)OC(=O)N1C(Cc2ccc(Cl)cc2Br)COS1=O. The standard InChI is InChI=1S/C14H17BrClNO4S/c1-14(2,3)21-13(18)17-11(8-20-22(17)19)6-9-4-5-10(16)7-12(9)15/h4-5,7,11H,6,8H2,1-3H3. The van der Waals surface area contributed by atoms with E-state index in [1.54, 1.807) is 32.9 Å². The van der Waals surface area contributed by atoms with Crippen LogP contribution in [0.3, 0.4) is 0 Å². The number of carbonyl (C=O) groups is 1. The Morgan fingerprint density at radius 1 is 1.55 bits per heavy atom. The number of ether oxygens (including phenoxy) is 1. The molecule has 0 aromatic heterocycles. The maximum absolute atomic E-state index is 12.2. The van der Waals surface area contributed by atoms with Crippen molar-refractivity contribution < 1.29 is 17.9 Å². The van der Waals surface area contributed by atoms with Crippen molar-refractivity contribution in [2.24, 2.45) is 0 Å². The average Bonchev–Trinajstić information content (AvgIpc) is 2.72. The van der Waals surface area contributed by atoms with Crippen molar-refractivity contribution in [3.05, 3.63) is 33.3 Å². The zero-order valence-electron chi connectivity index (χ0n) is 12.5. The third-order valence-electron chi connectivity index (χ3n) is 2.90.